The van der Waals surface area contributed by atoms with Crippen LogP contribution in [0.1, 0.15) is 17.5 Å². The van der Waals surface area contributed by atoms with Gasteiger partial charge in [0.1, 0.15) is 6.07 Å². The van der Waals surface area contributed by atoms with Crippen LogP contribution < -0.4 is 5.32 Å². The van der Waals surface area contributed by atoms with E-state index in [4.69, 9.17) is 10.00 Å². The summed E-state index contributed by atoms with van der Waals surface area (Å²) in [5.41, 5.74) is 2.75. The van der Waals surface area contributed by atoms with Crippen LogP contribution in [0.25, 0.3) is 0 Å². The average Bonchev–Trinajstić information content (AvgIpc) is 2.26. The number of methoxy groups -OCH3 is 1. The summed E-state index contributed by atoms with van der Waals surface area (Å²) in [6.07, 6.45) is 0.940. The second-order valence-corrected chi connectivity index (χ2v) is 3.38. The molecule has 0 bridgehead atoms. The van der Waals surface area contributed by atoms with E-state index < -0.39 is 0 Å². The summed E-state index contributed by atoms with van der Waals surface area (Å²) in [4.78, 5) is 0. The molecule has 0 aliphatic rings. The molecule has 0 amide bonds. The number of hydrogen-bond donors (Lipinski definition) is 1. The molecule has 0 aliphatic heterocycles. The minimum absolute atomic E-state index is 0.701. The van der Waals surface area contributed by atoms with Gasteiger partial charge in [0.15, 0.2) is 0 Å². The van der Waals surface area contributed by atoms with Crippen molar-refractivity contribution in [2.75, 3.05) is 25.6 Å². The van der Waals surface area contributed by atoms with Crippen LogP contribution >= 0.6 is 0 Å². The van der Waals surface area contributed by atoms with Crippen molar-refractivity contribution in [3.8, 4) is 6.07 Å². The van der Waals surface area contributed by atoms with E-state index in [1.54, 1.807) is 7.11 Å². The SMILES string of the molecule is COCCCNc1c(C)cccc1C#N. The third kappa shape index (κ3) is 3.26. The monoisotopic (exact) mass is 204 g/mol. The van der Waals surface area contributed by atoms with Gasteiger partial charge in [0.05, 0.1) is 11.3 Å². The van der Waals surface area contributed by atoms with Crippen LogP contribution in [0.4, 0.5) is 5.69 Å². The molecule has 0 atom stereocenters. The fourth-order valence-corrected chi connectivity index (χ4v) is 1.43. The molecule has 1 aromatic rings. The lowest BCUT2D eigenvalue weighted by atomic mass is 10.1. The molecule has 80 valence electrons. The lowest BCUT2D eigenvalue weighted by molar-refractivity contribution is 0.198. The first-order valence-electron chi connectivity index (χ1n) is 5.02. The average molecular weight is 204 g/mol. The number of nitriles is 1. The fourth-order valence-electron chi connectivity index (χ4n) is 1.43. The van der Waals surface area contributed by atoms with Crippen LogP contribution in [0.15, 0.2) is 18.2 Å². The first-order chi connectivity index (χ1) is 7.29. The molecule has 0 aromatic heterocycles. The number of aryl methyl sites for hydroxylation is 1. The van der Waals surface area contributed by atoms with Gasteiger partial charge in [0, 0.05) is 20.3 Å². The van der Waals surface area contributed by atoms with Crippen LogP contribution in [-0.2, 0) is 4.74 Å². The fraction of sp³-hybridized carbons (Fsp3) is 0.417. The van der Waals surface area contributed by atoms with Crippen LogP contribution in [0, 0.1) is 18.3 Å². The Hall–Kier alpha value is -1.53. The number of anilines is 1. The summed E-state index contributed by atoms with van der Waals surface area (Å²) in [5, 5.41) is 12.2. The van der Waals surface area contributed by atoms with Gasteiger partial charge in [-0.3, -0.25) is 0 Å². The Morgan fingerprint density at radius 3 is 2.93 bits per heavy atom. The number of benzene rings is 1. The molecule has 1 aromatic carbocycles. The zero-order chi connectivity index (χ0) is 11.1. The number of para-hydroxylation sites is 1. The lowest BCUT2D eigenvalue weighted by Crippen LogP contribution is -2.07. The van der Waals surface area contributed by atoms with Crippen molar-refractivity contribution in [1.29, 1.82) is 5.26 Å². The third-order valence-corrected chi connectivity index (χ3v) is 2.22. The number of nitrogens with one attached hydrogen (secondary N) is 1. The summed E-state index contributed by atoms with van der Waals surface area (Å²) in [5.74, 6) is 0. The minimum Gasteiger partial charge on any atom is -0.385 e. The second kappa shape index (κ2) is 6.05. The summed E-state index contributed by atoms with van der Waals surface area (Å²) in [6, 6.07) is 7.91. The number of hydrogen-bond acceptors (Lipinski definition) is 3. The molecule has 3 heteroatoms. The largest absolute Gasteiger partial charge is 0.385 e. The van der Waals surface area contributed by atoms with E-state index in [-0.39, 0.29) is 0 Å². The predicted octanol–water partition coefficient (Wildman–Crippen LogP) is 2.32. The van der Waals surface area contributed by atoms with Crippen molar-refractivity contribution in [1.82, 2.24) is 0 Å². The summed E-state index contributed by atoms with van der Waals surface area (Å²) >= 11 is 0. The van der Waals surface area contributed by atoms with Crippen molar-refractivity contribution in [2.45, 2.75) is 13.3 Å². The molecule has 0 saturated heterocycles. The van der Waals surface area contributed by atoms with Crippen LogP contribution in [0.5, 0.6) is 0 Å². The Morgan fingerprint density at radius 1 is 1.47 bits per heavy atom. The van der Waals surface area contributed by atoms with E-state index in [9.17, 15) is 0 Å². The van der Waals surface area contributed by atoms with Gasteiger partial charge in [0.25, 0.3) is 0 Å². The highest BCUT2D eigenvalue weighted by molar-refractivity contribution is 5.62. The first-order valence-corrected chi connectivity index (χ1v) is 5.02. The molecule has 0 aliphatic carbocycles. The van der Waals surface area contributed by atoms with Gasteiger partial charge in [-0.25, -0.2) is 0 Å². The molecule has 1 rings (SSSR count). The Balaban J connectivity index is 2.63. The smallest absolute Gasteiger partial charge is 0.101 e. The van der Waals surface area contributed by atoms with Gasteiger partial charge in [-0.15, -0.1) is 0 Å². The maximum absolute atomic E-state index is 8.93. The number of ether oxygens (including phenoxy) is 1. The lowest BCUT2D eigenvalue weighted by Gasteiger charge is -2.10. The molecule has 0 unspecified atom stereocenters. The standard InChI is InChI=1S/C12H16N2O/c1-10-5-3-6-11(9-13)12(10)14-7-4-8-15-2/h3,5-6,14H,4,7-8H2,1-2H3. The highest BCUT2D eigenvalue weighted by Gasteiger charge is 2.03. The van der Waals surface area contributed by atoms with E-state index in [0.29, 0.717) is 5.56 Å². The van der Waals surface area contributed by atoms with Crippen LogP contribution in [-0.4, -0.2) is 20.3 Å². The van der Waals surface area contributed by atoms with E-state index in [2.05, 4.69) is 11.4 Å². The van der Waals surface area contributed by atoms with E-state index in [1.807, 2.05) is 25.1 Å². The van der Waals surface area contributed by atoms with Crippen LogP contribution in [0.2, 0.25) is 0 Å². The molecular formula is C12H16N2O. The van der Waals surface area contributed by atoms with Crippen molar-refractivity contribution >= 4 is 5.69 Å². The quantitative estimate of drug-likeness (QED) is 0.748. The zero-order valence-electron chi connectivity index (χ0n) is 9.21. The molecule has 0 heterocycles. The van der Waals surface area contributed by atoms with Crippen molar-refractivity contribution in [3.63, 3.8) is 0 Å². The number of nitrogens with zero attached hydrogens (tertiary/aromatic N) is 1. The Labute approximate surface area is 90.7 Å². The minimum atomic E-state index is 0.701. The van der Waals surface area contributed by atoms with Crippen molar-refractivity contribution in [3.05, 3.63) is 29.3 Å². The summed E-state index contributed by atoms with van der Waals surface area (Å²) < 4.78 is 4.96. The van der Waals surface area contributed by atoms with E-state index in [1.165, 1.54) is 0 Å². The molecule has 15 heavy (non-hydrogen) atoms. The van der Waals surface area contributed by atoms with E-state index >= 15 is 0 Å². The maximum atomic E-state index is 8.93. The van der Waals surface area contributed by atoms with Crippen molar-refractivity contribution in [2.24, 2.45) is 0 Å². The van der Waals surface area contributed by atoms with Gasteiger partial charge < -0.3 is 10.1 Å². The molecule has 0 spiro atoms. The van der Waals surface area contributed by atoms with Gasteiger partial charge in [-0.1, -0.05) is 12.1 Å². The molecule has 1 N–H and O–H groups in total. The highest BCUT2D eigenvalue weighted by Crippen LogP contribution is 2.19. The topological polar surface area (TPSA) is 45.0 Å². The summed E-state index contributed by atoms with van der Waals surface area (Å²) in [6.45, 7) is 3.56. The summed E-state index contributed by atoms with van der Waals surface area (Å²) in [7, 11) is 1.69. The normalized spacial score (nSPS) is 9.67. The van der Waals surface area contributed by atoms with Gasteiger partial charge in [-0.2, -0.15) is 5.26 Å². The molecule has 0 radical (unpaired) electrons. The van der Waals surface area contributed by atoms with Crippen LogP contribution in [0.3, 0.4) is 0 Å². The Bertz CT molecular complexity index is 355. The number of rotatable bonds is 5. The predicted molar refractivity (Wildman–Crippen MR) is 60.9 cm³/mol. The zero-order valence-corrected chi connectivity index (χ0v) is 9.21. The molecular weight excluding hydrogens is 188 g/mol. The first kappa shape index (κ1) is 11.5. The van der Waals surface area contributed by atoms with Gasteiger partial charge in [0.2, 0.25) is 0 Å². The van der Waals surface area contributed by atoms with E-state index in [0.717, 1.165) is 30.8 Å². The highest BCUT2D eigenvalue weighted by atomic mass is 16.5. The van der Waals surface area contributed by atoms with Gasteiger partial charge in [-0.05, 0) is 25.0 Å². The molecule has 0 saturated carbocycles. The van der Waals surface area contributed by atoms with Crippen molar-refractivity contribution < 1.29 is 4.74 Å². The van der Waals surface area contributed by atoms with Gasteiger partial charge >= 0.3 is 0 Å². The molecule has 0 fully saturated rings. The Kier molecular flexibility index (Phi) is 4.65. The maximum Gasteiger partial charge on any atom is 0.101 e. The molecule has 3 nitrogen and oxygen atoms in total. The second-order valence-electron chi connectivity index (χ2n) is 3.38. The Morgan fingerprint density at radius 2 is 2.27 bits per heavy atom. The third-order valence-electron chi connectivity index (χ3n) is 2.22.